The van der Waals surface area contributed by atoms with Crippen LogP contribution in [0.2, 0.25) is 0 Å². The van der Waals surface area contributed by atoms with Gasteiger partial charge in [0.2, 0.25) is 5.95 Å². The van der Waals surface area contributed by atoms with E-state index < -0.39 is 0 Å². The van der Waals surface area contributed by atoms with E-state index in [0.29, 0.717) is 18.1 Å². The molecule has 0 radical (unpaired) electrons. The van der Waals surface area contributed by atoms with Gasteiger partial charge in [0.1, 0.15) is 18.1 Å². The van der Waals surface area contributed by atoms with Crippen molar-refractivity contribution in [2.75, 3.05) is 31.2 Å². The van der Waals surface area contributed by atoms with Crippen molar-refractivity contribution in [1.82, 2.24) is 9.97 Å². The van der Waals surface area contributed by atoms with Crippen LogP contribution in [-0.2, 0) is 16.8 Å². The van der Waals surface area contributed by atoms with E-state index in [9.17, 15) is 0 Å². The van der Waals surface area contributed by atoms with Crippen LogP contribution in [0.15, 0.2) is 60.8 Å². The van der Waals surface area contributed by atoms with E-state index >= 15 is 0 Å². The Bertz CT molecular complexity index is 1170. The highest BCUT2D eigenvalue weighted by Gasteiger charge is 2.49. The minimum absolute atomic E-state index is 0.119. The zero-order chi connectivity index (χ0) is 24.6. The van der Waals surface area contributed by atoms with E-state index in [0.717, 1.165) is 49.4 Å². The summed E-state index contributed by atoms with van der Waals surface area (Å²) in [6.45, 7) is 8.61. The molecule has 2 aliphatic heterocycles. The number of rotatable bonds is 8. The normalized spacial score (nSPS) is 19.1. The first-order valence-electron chi connectivity index (χ1n) is 13.1. The minimum Gasteiger partial charge on any atom is -0.490 e. The maximum Gasteiger partial charge on any atom is 0.225 e. The Morgan fingerprint density at radius 2 is 1.56 bits per heavy atom. The van der Waals surface area contributed by atoms with Crippen LogP contribution in [0.25, 0.3) is 0 Å². The summed E-state index contributed by atoms with van der Waals surface area (Å²) >= 11 is 0. The quantitative estimate of drug-likeness (QED) is 0.418. The lowest BCUT2D eigenvalue weighted by atomic mass is 9.78. The third kappa shape index (κ3) is 4.66. The van der Waals surface area contributed by atoms with Gasteiger partial charge >= 0.3 is 0 Å². The molecule has 1 aliphatic carbocycles. The maximum absolute atomic E-state index is 6.14. The zero-order valence-corrected chi connectivity index (χ0v) is 21.3. The lowest BCUT2D eigenvalue weighted by Crippen LogP contribution is -2.66. The first-order valence-corrected chi connectivity index (χ1v) is 13.1. The van der Waals surface area contributed by atoms with Crippen molar-refractivity contribution >= 4 is 5.95 Å². The first-order chi connectivity index (χ1) is 17.5. The second-order valence-corrected chi connectivity index (χ2v) is 11.2. The number of hydrogen-bond acceptors (Lipinski definition) is 6. The van der Waals surface area contributed by atoms with Gasteiger partial charge in [0.25, 0.3) is 0 Å². The molecule has 1 spiro atoms. The largest absolute Gasteiger partial charge is 0.490 e. The van der Waals surface area contributed by atoms with Gasteiger partial charge in [-0.2, -0.15) is 0 Å². The van der Waals surface area contributed by atoms with Crippen LogP contribution in [0.3, 0.4) is 0 Å². The van der Waals surface area contributed by atoms with E-state index in [1.54, 1.807) is 0 Å². The summed E-state index contributed by atoms with van der Waals surface area (Å²) in [5.41, 5.74) is 3.62. The highest BCUT2D eigenvalue weighted by Crippen LogP contribution is 2.39. The predicted molar refractivity (Wildman–Crippen MR) is 140 cm³/mol. The molecule has 0 N–H and O–H groups in total. The molecule has 36 heavy (non-hydrogen) atoms. The highest BCUT2D eigenvalue weighted by atomic mass is 16.5. The van der Waals surface area contributed by atoms with Crippen LogP contribution in [0.1, 0.15) is 56.4 Å². The molecular formula is C30H35N3O3. The van der Waals surface area contributed by atoms with Crippen LogP contribution in [-0.4, -0.2) is 42.4 Å². The van der Waals surface area contributed by atoms with Crippen LogP contribution in [0.4, 0.5) is 5.95 Å². The lowest BCUT2D eigenvalue weighted by Gasteiger charge is -2.54. The van der Waals surface area contributed by atoms with Crippen LogP contribution >= 0.6 is 0 Å². The van der Waals surface area contributed by atoms with Gasteiger partial charge in [0.05, 0.1) is 30.4 Å². The van der Waals surface area contributed by atoms with Gasteiger partial charge in [-0.25, -0.2) is 9.97 Å². The molecule has 1 saturated carbocycles. The SMILES string of the molecule is CC(C)(c1ccc(OCc2ccnc(N3CC4(COC4)C3)n2)cc1)c1ccc(OC2CCCC2)cc1. The third-order valence-corrected chi connectivity index (χ3v) is 8.00. The molecule has 3 aromatic rings. The minimum atomic E-state index is -0.119. The smallest absolute Gasteiger partial charge is 0.225 e. The van der Waals surface area contributed by atoms with Crippen molar-refractivity contribution in [3.05, 3.63) is 77.6 Å². The van der Waals surface area contributed by atoms with E-state index in [2.05, 4.69) is 60.1 Å². The molecule has 3 fully saturated rings. The number of aromatic nitrogens is 2. The number of ether oxygens (including phenoxy) is 3. The average molecular weight is 486 g/mol. The fourth-order valence-electron chi connectivity index (χ4n) is 5.54. The second kappa shape index (κ2) is 9.40. The molecule has 2 aromatic carbocycles. The molecule has 3 aliphatic rings. The molecule has 6 rings (SSSR count). The fourth-order valence-corrected chi connectivity index (χ4v) is 5.54. The molecule has 6 nitrogen and oxygen atoms in total. The van der Waals surface area contributed by atoms with E-state index in [4.69, 9.17) is 19.2 Å². The van der Waals surface area contributed by atoms with Crippen molar-refractivity contribution in [2.45, 2.75) is 57.7 Å². The summed E-state index contributed by atoms with van der Waals surface area (Å²) in [5, 5.41) is 0. The molecule has 188 valence electrons. The van der Waals surface area contributed by atoms with E-state index in [1.807, 2.05) is 24.4 Å². The molecule has 1 aromatic heterocycles. The lowest BCUT2D eigenvalue weighted by molar-refractivity contribution is -0.127. The molecular weight excluding hydrogens is 450 g/mol. The molecule has 0 amide bonds. The van der Waals surface area contributed by atoms with Gasteiger partial charge in [0, 0.05) is 24.7 Å². The van der Waals surface area contributed by atoms with Crippen molar-refractivity contribution in [3.63, 3.8) is 0 Å². The van der Waals surface area contributed by atoms with Gasteiger partial charge in [-0.05, 0) is 67.1 Å². The summed E-state index contributed by atoms with van der Waals surface area (Å²) in [4.78, 5) is 11.4. The number of anilines is 1. The predicted octanol–water partition coefficient (Wildman–Crippen LogP) is 5.54. The van der Waals surface area contributed by atoms with Crippen molar-refractivity contribution in [3.8, 4) is 11.5 Å². The summed E-state index contributed by atoms with van der Waals surface area (Å²) in [6, 6.07) is 18.9. The second-order valence-electron chi connectivity index (χ2n) is 11.2. The van der Waals surface area contributed by atoms with Gasteiger partial charge in [-0.15, -0.1) is 0 Å². The Hall–Kier alpha value is -3.12. The third-order valence-electron chi connectivity index (χ3n) is 8.00. The standard InChI is InChI=1S/C30H35N3O3/c1-29(2,23-9-13-27(14-10-23)36-26-5-3-4-6-26)22-7-11-25(12-8-22)35-17-24-15-16-31-28(32-24)33-18-30(19-33)20-34-21-30/h7-16,26H,3-6,17-21H2,1-2H3. The topological polar surface area (TPSA) is 56.7 Å². The Labute approximate surface area is 213 Å². The molecule has 0 bridgehead atoms. The van der Waals surface area contributed by atoms with Gasteiger partial charge in [-0.3, -0.25) is 0 Å². The number of benzene rings is 2. The number of hydrogen-bond donors (Lipinski definition) is 0. The van der Waals surface area contributed by atoms with Crippen molar-refractivity contribution in [2.24, 2.45) is 5.41 Å². The van der Waals surface area contributed by atoms with Crippen LogP contribution in [0.5, 0.6) is 11.5 Å². The van der Waals surface area contributed by atoms with Crippen LogP contribution in [0, 0.1) is 5.41 Å². The van der Waals surface area contributed by atoms with Crippen molar-refractivity contribution in [1.29, 1.82) is 0 Å². The van der Waals surface area contributed by atoms with E-state index in [-0.39, 0.29) is 5.41 Å². The summed E-state index contributed by atoms with van der Waals surface area (Å²) in [6.07, 6.45) is 7.12. The van der Waals surface area contributed by atoms with Crippen molar-refractivity contribution < 1.29 is 14.2 Å². The van der Waals surface area contributed by atoms with Gasteiger partial charge in [0.15, 0.2) is 0 Å². The number of nitrogens with zero attached hydrogens (tertiary/aromatic N) is 3. The summed E-state index contributed by atoms with van der Waals surface area (Å²) < 4.78 is 17.6. The fraction of sp³-hybridized carbons (Fsp3) is 0.467. The summed E-state index contributed by atoms with van der Waals surface area (Å²) in [5.74, 6) is 2.60. The molecule has 0 atom stereocenters. The zero-order valence-electron chi connectivity index (χ0n) is 21.3. The van der Waals surface area contributed by atoms with Gasteiger partial charge < -0.3 is 19.1 Å². The molecule has 6 heteroatoms. The first kappa shape index (κ1) is 23.3. The average Bonchev–Trinajstić information content (AvgIpc) is 3.35. The molecule has 2 saturated heterocycles. The Morgan fingerprint density at radius 1 is 0.917 bits per heavy atom. The Kier molecular flexibility index (Phi) is 6.08. The Balaban J connectivity index is 1.05. The van der Waals surface area contributed by atoms with E-state index in [1.165, 1.54) is 36.8 Å². The molecule has 3 heterocycles. The monoisotopic (exact) mass is 485 g/mol. The van der Waals surface area contributed by atoms with Crippen LogP contribution < -0.4 is 14.4 Å². The Morgan fingerprint density at radius 3 is 2.17 bits per heavy atom. The molecule has 0 unspecified atom stereocenters. The summed E-state index contributed by atoms with van der Waals surface area (Å²) in [7, 11) is 0. The van der Waals surface area contributed by atoms with Gasteiger partial charge in [-0.1, -0.05) is 38.1 Å². The highest BCUT2D eigenvalue weighted by molar-refractivity contribution is 5.42. The maximum atomic E-state index is 6.14.